The van der Waals surface area contributed by atoms with Gasteiger partial charge in [-0.2, -0.15) is 0 Å². The predicted molar refractivity (Wildman–Crippen MR) is 98.3 cm³/mol. The lowest BCUT2D eigenvalue weighted by Crippen LogP contribution is -2.40. The second-order valence-electron chi connectivity index (χ2n) is 7.36. The summed E-state index contributed by atoms with van der Waals surface area (Å²) in [6, 6.07) is 5.86. The maximum Gasteiger partial charge on any atom is 0.255 e. The van der Waals surface area contributed by atoms with Crippen molar-refractivity contribution in [2.75, 3.05) is 32.8 Å². The fourth-order valence-electron chi connectivity index (χ4n) is 3.93. The van der Waals surface area contributed by atoms with Gasteiger partial charge < -0.3 is 19.4 Å². The molecule has 1 unspecified atom stereocenters. The number of aryl methyl sites for hydroxylation is 1. The van der Waals surface area contributed by atoms with E-state index in [0.29, 0.717) is 5.92 Å². The molecular weight excluding hydrogens is 316 g/mol. The quantitative estimate of drug-likeness (QED) is 0.928. The number of H-pyrrole nitrogens is 1. The molecule has 1 N–H and O–H groups in total. The lowest BCUT2D eigenvalue weighted by atomic mass is 10.0. The summed E-state index contributed by atoms with van der Waals surface area (Å²) in [5.74, 6) is 1.61. The second-order valence-corrected chi connectivity index (χ2v) is 7.36. The third-order valence-corrected chi connectivity index (χ3v) is 5.44. The number of piperidine rings is 1. The molecule has 0 amide bonds. The van der Waals surface area contributed by atoms with E-state index in [1.54, 1.807) is 6.20 Å². The molecule has 0 radical (unpaired) electrons. The Morgan fingerprint density at radius 1 is 1.28 bits per heavy atom. The molecule has 25 heavy (non-hydrogen) atoms. The number of hydrogen-bond acceptors (Lipinski definition) is 4. The molecule has 0 spiro atoms. The maximum absolute atomic E-state index is 11.9. The SMILES string of the molecule is Cc1cc2c(=O)[nH]ccc2cc1OC1CCN(CC2CCOC2)CC1. The number of nitrogens with zero attached hydrogens (tertiary/aromatic N) is 1. The summed E-state index contributed by atoms with van der Waals surface area (Å²) in [6.45, 7) is 7.20. The molecule has 2 saturated heterocycles. The maximum atomic E-state index is 11.9. The Morgan fingerprint density at radius 2 is 2.12 bits per heavy atom. The minimum absolute atomic E-state index is 0.0450. The molecule has 0 bridgehead atoms. The van der Waals surface area contributed by atoms with Crippen molar-refractivity contribution < 1.29 is 9.47 Å². The van der Waals surface area contributed by atoms with Gasteiger partial charge in [0.1, 0.15) is 11.9 Å². The van der Waals surface area contributed by atoms with E-state index in [9.17, 15) is 4.79 Å². The van der Waals surface area contributed by atoms with Crippen molar-refractivity contribution in [1.29, 1.82) is 0 Å². The van der Waals surface area contributed by atoms with Crippen molar-refractivity contribution in [1.82, 2.24) is 9.88 Å². The summed E-state index contributed by atoms with van der Waals surface area (Å²) < 4.78 is 11.8. The van der Waals surface area contributed by atoms with Gasteiger partial charge >= 0.3 is 0 Å². The number of fused-ring (bicyclic) bond motifs is 1. The topological polar surface area (TPSA) is 54.6 Å². The van der Waals surface area contributed by atoms with Crippen LogP contribution < -0.4 is 10.3 Å². The number of benzene rings is 1. The van der Waals surface area contributed by atoms with Crippen LogP contribution in [0.3, 0.4) is 0 Å². The van der Waals surface area contributed by atoms with Crippen LogP contribution in [-0.2, 0) is 4.74 Å². The third kappa shape index (κ3) is 3.72. The number of aromatic amines is 1. The number of hydrogen-bond donors (Lipinski definition) is 1. The number of pyridine rings is 1. The Balaban J connectivity index is 1.39. The Hall–Kier alpha value is -1.85. The molecule has 1 aromatic heterocycles. The summed E-state index contributed by atoms with van der Waals surface area (Å²) in [6.07, 6.45) is 5.26. The van der Waals surface area contributed by atoms with Gasteiger partial charge in [-0.3, -0.25) is 4.79 Å². The van der Waals surface area contributed by atoms with Crippen LogP contribution in [0.5, 0.6) is 5.75 Å². The van der Waals surface area contributed by atoms with Crippen LogP contribution in [0.4, 0.5) is 0 Å². The zero-order valence-electron chi connectivity index (χ0n) is 14.8. The standard InChI is InChI=1S/C20H26N2O3/c1-14-10-18-16(2-6-21-20(18)23)11-19(14)25-17-3-7-22(8-4-17)12-15-5-9-24-13-15/h2,6,10-11,15,17H,3-5,7-9,12-13H2,1H3,(H,21,23). The molecule has 5 nitrogen and oxygen atoms in total. The van der Waals surface area contributed by atoms with E-state index < -0.39 is 0 Å². The van der Waals surface area contributed by atoms with Gasteiger partial charge in [0.25, 0.3) is 5.56 Å². The van der Waals surface area contributed by atoms with Crippen molar-refractivity contribution in [2.45, 2.75) is 32.3 Å². The first-order chi connectivity index (χ1) is 12.2. The van der Waals surface area contributed by atoms with Crippen LogP contribution >= 0.6 is 0 Å². The van der Waals surface area contributed by atoms with Crippen LogP contribution in [0, 0.1) is 12.8 Å². The van der Waals surface area contributed by atoms with Crippen molar-refractivity contribution in [3.63, 3.8) is 0 Å². The molecule has 0 aliphatic carbocycles. The van der Waals surface area contributed by atoms with E-state index in [-0.39, 0.29) is 11.7 Å². The summed E-state index contributed by atoms with van der Waals surface area (Å²) in [5, 5.41) is 1.66. The lowest BCUT2D eigenvalue weighted by molar-refractivity contribution is 0.0877. The molecule has 3 heterocycles. The van der Waals surface area contributed by atoms with Gasteiger partial charge in [0.05, 0.1) is 6.61 Å². The minimum atomic E-state index is -0.0450. The van der Waals surface area contributed by atoms with E-state index in [2.05, 4.69) is 9.88 Å². The van der Waals surface area contributed by atoms with E-state index >= 15 is 0 Å². The minimum Gasteiger partial charge on any atom is -0.490 e. The normalized spacial score (nSPS) is 22.5. The summed E-state index contributed by atoms with van der Waals surface area (Å²) in [5.41, 5.74) is 0.978. The van der Waals surface area contributed by atoms with Crippen LogP contribution in [0.15, 0.2) is 29.2 Å². The van der Waals surface area contributed by atoms with E-state index in [4.69, 9.17) is 9.47 Å². The molecular formula is C20H26N2O3. The molecule has 134 valence electrons. The number of aromatic nitrogens is 1. The molecule has 0 saturated carbocycles. The molecule has 2 aliphatic heterocycles. The Labute approximate surface area is 147 Å². The fraction of sp³-hybridized carbons (Fsp3) is 0.550. The summed E-state index contributed by atoms with van der Waals surface area (Å²) in [7, 11) is 0. The van der Waals surface area contributed by atoms with Gasteiger partial charge in [-0.1, -0.05) is 0 Å². The van der Waals surface area contributed by atoms with Gasteiger partial charge in [-0.05, 0) is 61.3 Å². The molecule has 2 aromatic rings. The van der Waals surface area contributed by atoms with Crippen molar-refractivity contribution in [2.24, 2.45) is 5.92 Å². The van der Waals surface area contributed by atoms with Crippen LogP contribution in [0.25, 0.3) is 10.8 Å². The van der Waals surface area contributed by atoms with Gasteiger partial charge in [0.15, 0.2) is 0 Å². The summed E-state index contributed by atoms with van der Waals surface area (Å²) >= 11 is 0. The average Bonchev–Trinajstić information content (AvgIpc) is 3.11. The first kappa shape index (κ1) is 16.6. The molecule has 5 heteroatoms. The van der Waals surface area contributed by atoms with E-state index in [1.807, 2.05) is 25.1 Å². The first-order valence-corrected chi connectivity index (χ1v) is 9.28. The van der Waals surface area contributed by atoms with Crippen molar-refractivity contribution >= 4 is 10.8 Å². The Kier molecular flexibility index (Phi) is 4.77. The highest BCUT2D eigenvalue weighted by molar-refractivity contribution is 5.83. The predicted octanol–water partition coefficient (Wildman–Crippen LogP) is 2.72. The monoisotopic (exact) mass is 342 g/mol. The molecule has 1 aromatic carbocycles. The van der Waals surface area contributed by atoms with E-state index in [0.717, 1.165) is 67.8 Å². The van der Waals surface area contributed by atoms with Gasteiger partial charge in [-0.15, -0.1) is 0 Å². The number of likely N-dealkylation sites (tertiary alicyclic amines) is 1. The van der Waals surface area contributed by atoms with Gasteiger partial charge in [0, 0.05) is 37.8 Å². The Morgan fingerprint density at radius 3 is 2.88 bits per heavy atom. The number of ether oxygens (including phenoxy) is 2. The lowest BCUT2D eigenvalue weighted by Gasteiger charge is -2.33. The van der Waals surface area contributed by atoms with Crippen LogP contribution in [0.1, 0.15) is 24.8 Å². The second kappa shape index (κ2) is 7.18. The molecule has 2 aliphatic rings. The van der Waals surface area contributed by atoms with Crippen LogP contribution in [-0.4, -0.2) is 48.8 Å². The van der Waals surface area contributed by atoms with Crippen LogP contribution in [0.2, 0.25) is 0 Å². The zero-order chi connectivity index (χ0) is 17.2. The molecule has 4 rings (SSSR count). The first-order valence-electron chi connectivity index (χ1n) is 9.28. The van der Waals surface area contributed by atoms with Crippen molar-refractivity contribution in [3.8, 4) is 5.75 Å². The van der Waals surface area contributed by atoms with Gasteiger partial charge in [-0.25, -0.2) is 0 Å². The zero-order valence-corrected chi connectivity index (χ0v) is 14.8. The highest BCUT2D eigenvalue weighted by Gasteiger charge is 2.25. The van der Waals surface area contributed by atoms with Crippen molar-refractivity contribution in [3.05, 3.63) is 40.3 Å². The third-order valence-electron chi connectivity index (χ3n) is 5.44. The highest BCUT2D eigenvalue weighted by atomic mass is 16.5. The molecule has 1 atom stereocenters. The van der Waals surface area contributed by atoms with Gasteiger partial charge in [0.2, 0.25) is 0 Å². The Bertz CT molecular complexity index is 787. The fourth-order valence-corrected chi connectivity index (χ4v) is 3.93. The number of rotatable bonds is 4. The number of nitrogens with one attached hydrogen (secondary N) is 1. The average molecular weight is 342 g/mol. The molecule has 2 fully saturated rings. The summed E-state index contributed by atoms with van der Waals surface area (Å²) in [4.78, 5) is 17.2. The smallest absolute Gasteiger partial charge is 0.255 e. The van der Waals surface area contributed by atoms with E-state index in [1.165, 1.54) is 6.42 Å². The largest absolute Gasteiger partial charge is 0.490 e. The highest BCUT2D eigenvalue weighted by Crippen LogP contribution is 2.27.